The minimum atomic E-state index is -0.172. The van der Waals surface area contributed by atoms with Crippen LogP contribution in [0.2, 0.25) is 5.02 Å². The van der Waals surface area contributed by atoms with Crippen LogP contribution in [0, 0.1) is 11.8 Å². The number of carbonyl (C=O) groups excluding carboxylic acids is 1. The second kappa shape index (κ2) is 10.7. The number of H-pyrrole nitrogens is 1. The summed E-state index contributed by atoms with van der Waals surface area (Å²) in [6.45, 7) is 0.704. The third-order valence-electron chi connectivity index (χ3n) is 7.45. The van der Waals surface area contributed by atoms with Gasteiger partial charge in [-0.2, -0.15) is 5.10 Å². The molecule has 0 saturated heterocycles. The number of halogens is 1. The molecule has 0 radical (unpaired) electrons. The van der Waals surface area contributed by atoms with E-state index in [1.54, 1.807) is 0 Å². The molecule has 1 aliphatic carbocycles. The standard InChI is InChI=1S/C29H32ClN5O/c30-25-13-11-22(15-24(25)21-10-12-23-27(16-21)34-35-28(23)32)26(14-18-4-2-1-3-5-18)33-29(36)20-8-6-19(17-31)7-9-20/h1-5,10-13,15-16,19-20,26H,6-9,14,17,31H2,(H,33,36)(H3,32,34,35). The van der Waals surface area contributed by atoms with Crippen molar-refractivity contribution in [3.05, 3.63) is 82.9 Å². The largest absolute Gasteiger partial charge is 0.382 e. The fourth-order valence-electron chi connectivity index (χ4n) is 5.24. The first-order valence-electron chi connectivity index (χ1n) is 12.6. The molecule has 1 heterocycles. The van der Waals surface area contributed by atoms with Gasteiger partial charge in [0.15, 0.2) is 5.82 Å². The molecule has 4 aromatic rings. The Bertz CT molecular complexity index is 1340. The molecular weight excluding hydrogens is 470 g/mol. The van der Waals surface area contributed by atoms with Crippen molar-refractivity contribution in [2.45, 2.75) is 38.1 Å². The molecule has 1 fully saturated rings. The fraction of sp³-hybridized carbons (Fsp3) is 0.310. The van der Waals surface area contributed by atoms with E-state index in [0.717, 1.165) is 53.3 Å². The smallest absolute Gasteiger partial charge is 0.223 e. The van der Waals surface area contributed by atoms with Crippen molar-refractivity contribution >= 4 is 34.2 Å². The molecule has 36 heavy (non-hydrogen) atoms. The first-order valence-corrected chi connectivity index (χ1v) is 13.0. The Morgan fingerprint density at radius 3 is 2.58 bits per heavy atom. The quantitative estimate of drug-likeness (QED) is 0.263. The van der Waals surface area contributed by atoms with E-state index in [1.807, 2.05) is 48.5 Å². The van der Waals surface area contributed by atoms with Crippen LogP contribution in [0.5, 0.6) is 0 Å². The summed E-state index contributed by atoms with van der Waals surface area (Å²) in [5.41, 5.74) is 16.7. The van der Waals surface area contributed by atoms with E-state index in [4.69, 9.17) is 23.1 Å². The number of benzene rings is 3. The Hall–Kier alpha value is -3.35. The van der Waals surface area contributed by atoms with Crippen LogP contribution in [-0.2, 0) is 11.2 Å². The van der Waals surface area contributed by atoms with E-state index in [9.17, 15) is 4.79 Å². The Kier molecular flexibility index (Phi) is 7.25. The lowest BCUT2D eigenvalue weighted by Crippen LogP contribution is -2.37. The molecule has 1 amide bonds. The first kappa shape index (κ1) is 24.3. The average molecular weight is 502 g/mol. The van der Waals surface area contributed by atoms with Crippen LogP contribution in [0.1, 0.15) is 42.9 Å². The van der Waals surface area contributed by atoms with Crippen LogP contribution in [-0.4, -0.2) is 22.6 Å². The summed E-state index contributed by atoms with van der Waals surface area (Å²) in [6.07, 6.45) is 4.52. The third kappa shape index (κ3) is 5.25. The first-order chi connectivity index (χ1) is 17.5. The Balaban J connectivity index is 1.44. The fourth-order valence-corrected chi connectivity index (χ4v) is 5.47. The number of nitrogens with zero attached hydrogens (tertiary/aromatic N) is 1. The average Bonchev–Trinajstić information content (AvgIpc) is 3.29. The SMILES string of the molecule is NCC1CCC(C(=O)NC(Cc2ccccc2)c2ccc(Cl)c(-c3ccc4c(N)n[nH]c4c3)c2)CC1. The number of nitrogens with one attached hydrogen (secondary N) is 2. The van der Waals surface area contributed by atoms with Crippen LogP contribution >= 0.6 is 11.6 Å². The molecule has 0 aliphatic heterocycles. The topological polar surface area (TPSA) is 110 Å². The van der Waals surface area contributed by atoms with Gasteiger partial charge < -0.3 is 16.8 Å². The molecule has 6 N–H and O–H groups in total. The maximum absolute atomic E-state index is 13.3. The second-order valence-electron chi connectivity index (χ2n) is 9.81. The third-order valence-corrected chi connectivity index (χ3v) is 7.78. The van der Waals surface area contributed by atoms with Gasteiger partial charge in [0.2, 0.25) is 5.91 Å². The van der Waals surface area contributed by atoms with Crippen LogP contribution in [0.15, 0.2) is 66.7 Å². The van der Waals surface area contributed by atoms with Gasteiger partial charge in [0.1, 0.15) is 0 Å². The van der Waals surface area contributed by atoms with Gasteiger partial charge in [-0.1, -0.05) is 54.1 Å². The highest BCUT2D eigenvalue weighted by Crippen LogP contribution is 2.34. The highest BCUT2D eigenvalue weighted by Gasteiger charge is 2.28. The minimum Gasteiger partial charge on any atom is -0.382 e. The molecule has 186 valence electrons. The normalized spacial score (nSPS) is 18.7. The number of hydrogen-bond donors (Lipinski definition) is 4. The molecule has 1 aromatic heterocycles. The minimum absolute atomic E-state index is 0.0334. The number of nitrogen functional groups attached to an aromatic ring is 1. The van der Waals surface area contributed by atoms with Gasteiger partial charge >= 0.3 is 0 Å². The van der Waals surface area contributed by atoms with Crippen LogP contribution < -0.4 is 16.8 Å². The summed E-state index contributed by atoms with van der Waals surface area (Å²) in [7, 11) is 0. The van der Waals surface area contributed by atoms with Crippen LogP contribution in [0.3, 0.4) is 0 Å². The van der Waals surface area contributed by atoms with E-state index in [1.165, 1.54) is 5.56 Å². The van der Waals surface area contributed by atoms with Crippen molar-refractivity contribution in [1.82, 2.24) is 15.5 Å². The molecule has 6 nitrogen and oxygen atoms in total. The molecule has 5 rings (SSSR count). The number of fused-ring (bicyclic) bond motifs is 1. The number of amides is 1. The molecule has 7 heteroatoms. The lowest BCUT2D eigenvalue weighted by molar-refractivity contribution is -0.127. The Morgan fingerprint density at radius 2 is 1.83 bits per heavy atom. The van der Waals surface area contributed by atoms with Gasteiger partial charge in [-0.15, -0.1) is 0 Å². The van der Waals surface area contributed by atoms with Crippen molar-refractivity contribution in [2.75, 3.05) is 12.3 Å². The maximum atomic E-state index is 13.3. The van der Waals surface area contributed by atoms with Crippen molar-refractivity contribution in [3.8, 4) is 11.1 Å². The van der Waals surface area contributed by atoms with Crippen molar-refractivity contribution < 1.29 is 4.79 Å². The summed E-state index contributed by atoms with van der Waals surface area (Å²) in [5, 5.41) is 12.0. The number of carbonyl (C=O) groups is 1. The molecule has 0 spiro atoms. The number of aromatic nitrogens is 2. The van der Waals surface area contributed by atoms with Gasteiger partial charge in [-0.05, 0) is 85.5 Å². The summed E-state index contributed by atoms with van der Waals surface area (Å²) < 4.78 is 0. The molecule has 0 bridgehead atoms. The molecular formula is C29H32ClN5O. The Labute approximate surface area is 216 Å². The van der Waals surface area contributed by atoms with Gasteiger partial charge in [0.25, 0.3) is 0 Å². The monoisotopic (exact) mass is 501 g/mol. The van der Waals surface area contributed by atoms with E-state index >= 15 is 0 Å². The van der Waals surface area contributed by atoms with Crippen LogP contribution in [0.25, 0.3) is 22.0 Å². The van der Waals surface area contributed by atoms with Gasteiger partial charge in [-0.3, -0.25) is 9.89 Å². The molecule has 1 unspecified atom stereocenters. The predicted octanol–water partition coefficient (Wildman–Crippen LogP) is 5.63. The predicted molar refractivity (Wildman–Crippen MR) is 146 cm³/mol. The van der Waals surface area contributed by atoms with E-state index < -0.39 is 0 Å². The number of anilines is 1. The van der Waals surface area contributed by atoms with E-state index in [-0.39, 0.29) is 17.9 Å². The van der Waals surface area contributed by atoms with E-state index in [0.29, 0.717) is 29.7 Å². The molecule has 1 atom stereocenters. The molecule has 3 aromatic carbocycles. The second-order valence-corrected chi connectivity index (χ2v) is 10.2. The zero-order chi connectivity index (χ0) is 25.1. The zero-order valence-corrected chi connectivity index (χ0v) is 21.0. The number of hydrogen-bond acceptors (Lipinski definition) is 4. The summed E-state index contributed by atoms with van der Waals surface area (Å²) in [4.78, 5) is 13.3. The van der Waals surface area contributed by atoms with Gasteiger partial charge in [0.05, 0.1) is 11.6 Å². The zero-order valence-electron chi connectivity index (χ0n) is 20.2. The van der Waals surface area contributed by atoms with E-state index in [2.05, 4.69) is 33.7 Å². The lowest BCUT2D eigenvalue weighted by Gasteiger charge is -2.29. The van der Waals surface area contributed by atoms with Crippen molar-refractivity contribution in [1.29, 1.82) is 0 Å². The summed E-state index contributed by atoms with van der Waals surface area (Å²) in [6, 6.07) is 22.0. The number of aromatic amines is 1. The van der Waals surface area contributed by atoms with Gasteiger partial charge in [0, 0.05) is 21.9 Å². The number of nitrogens with two attached hydrogens (primary N) is 2. The molecule has 1 aliphatic rings. The number of rotatable bonds is 7. The maximum Gasteiger partial charge on any atom is 0.223 e. The van der Waals surface area contributed by atoms with Crippen LogP contribution in [0.4, 0.5) is 5.82 Å². The highest BCUT2D eigenvalue weighted by atomic mass is 35.5. The lowest BCUT2D eigenvalue weighted by atomic mass is 9.81. The van der Waals surface area contributed by atoms with Crippen molar-refractivity contribution in [2.24, 2.45) is 17.6 Å². The summed E-state index contributed by atoms with van der Waals surface area (Å²) in [5.74, 6) is 1.17. The summed E-state index contributed by atoms with van der Waals surface area (Å²) >= 11 is 6.66. The highest BCUT2D eigenvalue weighted by molar-refractivity contribution is 6.33. The Morgan fingerprint density at radius 1 is 1.06 bits per heavy atom. The van der Waals surface area contributed by atoms with Crippen molar-refractivity contribution in [3.63, 3.8) is 0 Å². The molecule has 1 saturated carbocycles. The van der Waals surface area contributed by atoms with Gasteiger partial charge in [-0.25, -0.2) is 0 Å².